The smallest absolute Gasteiger partial charge is 0.303 e. The Morgan fingerprint density at radius 1 is 0.605 bits per heavy atom. The normalized spacial score (nSPS) is 13.7. The fourth-order valence-electron chi connectivity index (χ4n) is 5.65. The molecule has 0 aromatic rings. The zero-order valence-corrected chi connectivity index (χ0v) is 26.2. The molecule has 0 radical (unpaired) electrons. The van der Waals surface area contributed by atoms with E-state index in [9.17, 15) is 9.90 Å². The van der Waals surface area contributed by atoms with E-state index in [1.807, 2.05) is 0 Å². The van der Waals surface area contributed by atoms with Crippen LogP contribution in [0.15, 0.2) is 24.3 Å². The van der Waals surface area contributed by atoms with Gasteiger partial charge in [-0.05, 0) is 71.4 Å². The number of rotatable bonds is 29. The first-order valence-corrected chi connectivity index (χ1v) is 16.7. The summed E-state index contributed by atoms with van der Waals surface area (Å²) in [6.45, 7) is 4.54. The highest BCUT2D eigenvalue weighted by Gasteiger charge is 2.23. The fourth-order valence-corrected chi connectivity index (χ4v) is 5.65. The third-order valence-electron chi connectivity index (χ3n) is 8.07. The molecule has 0 fully saturated rings. The zero-order chi connectivity index (χ0) is 28.1. The van der Waals surface area contributed by atoms with Crippen molar-refractivity contribution in [2.45, 2.75) is 174 Å². The minimum absolute atomic E-state index is 0.293. The summed E-state index contributed by atoms with van der Waals surface area (Å²) in [5, 5.41) is 9.25. The number of carboxylic acid groups (broad SMARTS) is 1. The predicted octanol–water partition coefficient (Wildman–Crippen LogP) is 11.1. The number of carboxylic acids is 1. The van der Waals surface area contributed by atoms with Gasteiger partial charge in [-0.2, -0.15) is 0 Å². The van der Waals surface area contributed by atoms with Crippen LogP contribution in [-0.4, -0.2) is 36.1 Å². The standard InChI is InChI=1S/C35H67NO2/c1-5-7-9-11-13-14-15-16-17-18-19-20-21-22-24-26-28-30-33(29-27-25-23-12-10-8-6-2)34(36(3)4)31-32-35(37)38/h13-14,16-17,33-34H,5-12,15,18-32H2,1-4H3,(H,37,38)/b14-13-,17-16-. The third kappa shape index (κ3) is 25.2. The average molecular weight is 534 g/mol. The van der Waals surface area contributed by atoms with Gasteiger partial charge in [0.1, 0.15) is 0 Å². The second-order valence-electron chi connectivity index (χ2n) is 11.9. The molecule has 224 valence electrons. The van der Waals surface area contributed by atoms with Gasteiger partial charge in [0.05, 0.1) is 0 Å². The van der Waals surface area contributed by atoms with Crippen LogP contribution in [0.3, 0.4) is 0 Å². The molecule has 0 aliphatic carbocycles. The van der Waals surface area contributed by atoms with E-state index in [4.69, 9.17) is 0 Å². The Hall–Kier alpha value is -1.09. The predicted molar refractivity (Wildman–Crippen MR) is 169 cm³/mol. The van der Waals surface area contributed by atoms with Gasteiger partial charge in [0.2, 0.25) is 0 Å². The van der Waals surface area contributed by atoms with Crippen LogP contribution in [0.2, 0.25) is 0 Å². The number of unbranched alkanes of at least 4 members (excludes halogenated alkanes) is 16. The number of aliphatic carboxylic acids is 1. The monoisotopic (exact) mass is 534 g/mol. The summed E-state index contributed by atoms with van der Waals surface area (Å²) in [5.41, 5.74) is 0. The Morgan fingerprint density at radius 3 is 1.50 bits per heavy atom. The van der Waals surface area contributed by atoms with E-state index in [0.29, 0.717) is 18.4 Å². The fraction of sp³-hybridized carbons (Fsp3) is 0.857. The van der Waals surface area contributed by atoms with Crippen molar-refractivity contribution < 1.29 is 9.90 Å². The number of hydrogen-bond donors (Lipinski definition) is 1. The van der Waals surface area contributed by atoms with Gasteiger partial charge in [0.25, 0.3) is 0 Å². The van der Waals surface area contributed by atoms with E-state index in [-0.39, 0.29) is 0 Å². The molecule has 3 heteroatoms. The summed E-state index contributed by atoms with van der Waals surface area (Å²) in [6.07, 6.45) is 39.3. The highest BCUT2D eigenvalue weighted by atomic mass is 16.4. The lowest BCUT2D eigenvalue weighted by atomic mass is 9.85. The molecular formula is C35H67NO2. The summed E-state index contributed by atoms with van der Waals surface area (Å²) in [6, 6.07) is 0.399. The Bertz CT molecular complexity index is 554. The van der Waals surface area contributed by atoms with Crippen LogP contribution in [0.4, 0.5) is 0 Å². The first kappa shape index (κ1) is 36.9. The molecule has 0 aliphatic rings. The molecule has 0 amide bonds. The molecule has 0 aliphatic heterocycles. The van der Waals surface area contributed by atoms with E-state index in [2.05, 4.69) is 57.1 Å². The second kappa shape index (κ2) is 28.9. The van der Waals surface area contributed by atoms with Crippen LogP contribution < -0.4 is 0 Å². The Kier molecular flexibility index (Phi) is 28.1. The maximum absolute atomic E-state index is 11.2. The van der Waals surface area contributed by atoms with Crippen LogP contribution in [0.25, 0.3) is 0 Å². The zero-order valence-electron chi connectivity index (χ0n) is 26.2. The van der Waals surface area contributed by atoms with Crippen molar-refractivity contribution >= 4 is 5.97 Å². The second-order valence-corrected chi connectivity index (χ2v) is 11.9. The Labute approximate surface area is 238 Å². The Balaban J connectivity index is 4.07. The van der Waals surface area contributed by atoms with Gasteiger partial charge in [0.15, 0.2) is 0 Å². The molecule has 0 spiro atoms. The first-order valence-electron chi connectivity index (χ1n) is 16.7. The summed E-state index contributed by atoms with van der Waals surface area (Å²) in [5.74, 6) is -0.0189. The molecule has 0 rings (SSSR count). The van der Waals surface area contributed by atoms with Gasteiger partial charge in [-0.1, -0.05) is 134 Å². The number of allylic oxidation sites excluding steroid dienone is 4. The van der Waals surface area contributed by atoms with Crippen molar-refractivity contribution in [3.63, 3.8) is 0 Å². The highest BCUT2D eigenvalue weighted by molar-refractivity contribution is 5.66. The van der Waals surface area contributed by atoms with Crippen LogP contribution in [0.1, 0.15) is 168 Å². The minimum atomic E-state index is -0.656. The van der Waals surface area contributed by atoms with Crippen molar-refractivity contribution in [1.29, 1.82) is 0 Å². The number of nitrogens with zero attached hydrogens (tertiary/aromatic N) is 1. The van der Waals surface area contributed by atoms with Crippen LogP contribution in [0, 0.1) is 5.92 Å². The molecule has 38 heavy (non-hydrogen) atoms. The van der Waals surface area contributed by atoms with E-state index in [1.165, 1.54) is 135 Å². The largest absolute Gasteiger partial charge is 0.481 e. The SMILES string of the molecule is CCCCC/C=C\C/C=C\CCCCCCCCCC(CCCCCCCCC)C(CCC(=O)O)N(C)C. The van der Waals surface area contributed by atoms with Gasteiger partial charge < -0.3 is 10.0 Å². The van der Waals surface area contributed by atoms with Crippen molar-refractivity contribution in [2.24, 2.45) is 5.92 Å². The van der Waals surface area contributed by atoms with E-state index in [0.717, 1.165) is 12.8 Å². The lowest BCUT2D eigenvalue weighted by Gasteiger charge is -2.32. The summed E-state index contributed by atoms with van der Waals surface area (Å²) in [4.78, 5) is 13.5. The van der Waals surface area contributed by atoms with Crippen LogP contribution in [0.5, 0.6) is 0 Å². The average Bonchev–Trinajstić information content (AvgIpc) is 2.89. The highest BCUT2D eigenvalue weighted by Crippen LogP contribution is 2.27. The van der Waals surface area contributed by atoms with Crippen LogP contribution in [-0.2, 0) is 4.79 Å². The minimum Gasteiger partial charge on any atom is -0.481 e. The molecular weight excluding hydrogens is 466 g/mol. The lowest BCUT2D eigenvalue weighted by molar-refractivity contribution is -0.137. The van der Waals surface area contributed by atoms with Crippen LogP contribution >= 0.6 is 0 Å². The topological polar surface area (TPSA) is 40.5 Å². The first-order chi connectivity index (χ1) is 18.5. The molecule has 0 saturated carbocycles. The Morgan fingerprint density at radius 2 is 1.03 bits per heavy atom. The van der Waals surface area contributed by atoms with Gasteiger partial charge in [-0.15, -0.1) is 0 Å². The maximum Gasteiger partial charge on any atom is 0.303 e. The molecule has 2 unspecified atom stereocenters. The quantitative estimate of drug-likeness (QED) is 0.0767. The molecule has 3 nitrogen and oxygen atoms in total. The number of carbonyl (C=O) groups is 1. The molecule has 0 saturated heterocycles. The van der Waals surface area contributed by atoms with Gasteiger partial charge in [-0.25, -0.2) is 0 Å². The van der Waals surface area contributed by atoms with Crippen molar-refractivity contribution in [1.82, 2.24) is 4.90 Å². The van der Waals surface area contributed by atoms with Gasteiger partial charge in [-0.3, -0.25) is 4.79 Å². The molecule has 1 N–H and O–H groups in total. The molecule has 0 aromatic carbocycles. The van der Waals surface area contributed by atoms with Crippen molar-refractivity contribution in [3.05, 3.63) is 24.3 Å². The summed E-state index contributed by atoms with van der Waals surface area (Å²) >= 11 is 0. The molecule has 2 atom stereocenters. The molecule has 0 bridgehead atoms. The van der Waals surface area contributed by atoms with E-state index < -0.39 is 5.97 Å². The van der Waals surface area contributed by atoms with Gasteiger partial charge >= 0.3 is 5.97 Å². The van der Waals surface area contributed by atoms with Gasteiger partial charge in [0, 0.05) is 12.5 Å². The maximum atomic E-state index is 11.2. The van der Waals surface area contributed by atoms with E-state index in [1.54, 1.807) is 0 Å². The molecule has 0 heterocycles. The summed E-state index contributed by atoms with van der Waals surface area (Å²) < 4.78 is 0. The third-order valence-corrected chi connectivity index (χ3v) is 8.07. The molecule has 0 aromatic heterocycles. The number of hydrogen-bond acceptors (Lipinski definition) is 2. The summed E-state index contributed by atoms with van der Waals surface area (Å²) in [7, 11) is 4.29. The van der Waals surface area contributed by atoms with Crippen molar-refractivity contribution in [3.8, 4) is 0 Å². The lowest BCUT2D eigenvalue weighted by Crippen LogP contribution is -2.36. The van der Waals surface area contributed by atoms with E-state index >= 15 is 0 Å². The van der Waals surface area contributed by atoms with Crippen molar-refractivity contribution in [2.75, 3.05) is 14.1 Å².